The molecule has 0 saturated carbocycles. The summed E-state index contributed by atoms with van der Waals surface area (Å²) in [6.45, 7) is 3.12. The fraction of sp³-hybridized carbons (Fsp3) is 0.182. The van der Waals surface area contributed by atoms with Gasteiger partial charge in [-0.1, -0.05) is 11.6 Å². The second kappa shape index (κ2) is 4.82. The molecule has 1 aromatic carbocycles. The molecule has 0 saturated heterocycles. The van der Waals surface area contributed by atoms with Crippen LogP contribution in [-0.2, 0) is 10.0 Å². The van der Waals surface area contributed by atoms with Gasteiger partial charge in [-0.15, -0.1) is 0 Å². The standard InChI is InChI=1S/C11H11ClFN3O2S/c1-6-11(7(2)15-14-6)19(17,18)16-10-5-8(12)3-4-9(10)13/h3-5,16H,1-2H3,(H,14,15). The first-order valence-corrected chi connectivity index (χ1v) is 7.17. The van der Waals surface area contributed by atoms with Gasteiger partial charge in [0.05, 0.1) is 17.1 Å². The molecule has 1 heterocycles. The van der Waals surface area contributed by atoms with Crippen molar-refractivity contribution in [3.8, 4) is 0 Å². The summed E-state index contributed by atoms with van der Waals surface area (Å²) in [5.41, 5.74) is 0.493. The van der Waals surface area contributed by atoms with Gasteiger partial charge in [0.15, 0.2) is 0 Å². The van der Waals surface area contributed by atoms with Crippen molar-refractivity contribution in [2.24, 2.45) is 0 Å². The van der Waals surface area contributed by atoms with E-state index in [2.05, 4.69) is 14.9 Å². The average Bonchev–Trinajstić information content (AvgIpc) is 2.64. The average molecular weight is 304 g/mol. The number of aryl methyl sites for hydroxylation is 2. The maximum atomic E-state index is 13.5. The number of anilines is 1. The van der Waals surface area contributed by atoms with Crippen LogP contribution >= 0.6 is 11.6 Å². The van der Waals surface area contributed by atoms with Gasteiger partial charge in [0.25, 0.3) is 10.0 Å². The molecule has 8 heteroatoms. The number of halogens is 2. The van der Waals surface area contributed by atoms with Crippen LogP contribution < -0.4 is 4.72 Å². The number of aromatic nitrogens is 2. The highest BCUT2D eigenvalue weighted by Crippen LogP contribution is 2.24. The van der Waals surface area contributed by atoms with E-state index < -0.39 is 15.8 Å². The Hall–Kier alpha value is -1.60. The van der Waals surface area contributed by atoms with Crippen molar-refractivity contribution in [3.05, 3.63) is 40.4 Å². The summed E-state index contributed by atoms with van der Waals surface area (Å²) in [6, 6.07) is 3.64. The van der Waals surface area contributed by atoms with Crippen LogP contribution in [0.1, 0.15) is 11.4 Å². The van der Waals surface area contributed by atoms with E-state index in [0.717, 1.165) is 6.07 Å². The third-order valence-electron chi connectivity index (χ3n) is 2.50. The Labute approximate surface area is 114 Å². The zero-order chi connectivity index (χ0) is 14.2. The van der Waals surface area contributed by atoms with Gasteiger partial charge in [0, 0.05) is 5.02 Å². The molecule has 0 radical (unpaired) electrons. The summed E-state index contributed by atoms with van der Waals surface area (Å²) >= 11 is 5.71. The molecule has 5 nitrogen and oxygen atoms in total. The maximum Gasteiger partial charge on any atom is 0.265 e. The van der Waals surface area contributed by atoms with E-state index >= 15 is 0 Å². The van der Waals surface area contributed by atoms with E-state index in [0.29, 0.717) is 11.4 Å². The monoisotopic (exact) mass is 303 g/mol. The Kier molecular flexibility index (Phi) is 3.51. The van der Waals surface area contributed by atoms with Gasteiger partial charge in [0.1, 0.15) is 10.7 Å². The van der Waals surface area contributed by atoms with Crippen molar-refractivity contribution in [1.82, 2.24) is 10.2 Å². The topological polar surface area (TPSA) is 74.8 Å². The van der Waals surface area contributed by atoms with Crippen LogP contribution in [-0.4, -0.2) is 18.6 Å². The van der Waals surface area contributed by atoms with Gasteiger partial charge in [-0.2, -0.15) is 5.10 Å². The lowest BCUT2D eigenvalue weighted by atomic mass is 10.3. The summed E-state index contributed by atoms with van der Waals surface area (Å²) in [4.78, 5) is 0.00637. The molecule has 0 aliphatic heterocycles. The minimum Gasteiger partial charge on any atom is -0.281 e. The fourth-order valence-corrected chi connectivity index (χ4v) is 3.31. The summed E-state index contributed by atoms with van der Waals surface area (Å²) in [7, 11) is -3.91. The molecule has 2 aromatic rings. The number of benzene rings is 1. The lowest BCUT2D eigenvalue weighted by Crippen LogP contribution is -2.15. The number of rotatable bonds is 3. The summed E-state index contributed by atoms with van der Waals surface area (Å²) in [5, 5.41) is 6.60. The van der Waals surface area contributed by atoms with E-state index in [1.807, 2.05) is 0 Å². The van der Waals surface area contributed by atoms with Gasteiger partial charge in [-0.25, -0.2) is 12.8 Å². The first-order chi connectivity index (χ1) is 8.81. The van der Waals surface area contributed by atoms with E-state index in [1.165, 1.54) is 12.1 Å². The Morgan fingerprint density at radius 1 is 1.37 bits per heavy atom. The summed E-state index contributed by atoms with van der Waals surface area (Å²) in [6.07, 6.45) is 0. The second-order valence-electron chi connectivity index (χ2n) is 3.99. The molecule has 0 amide bonds. The van der Waals surface area contributed by atoms with E-state index in [9.17, 15) is 12.8 Å². The lowest BCUT2D eigenvalue weighted by Gasteiger charge is -2.09. The minimum absolute atomic E-state index is 0.00637. The minimum atomic E-state index is -3.91. The zero-order valence-corrected chi connectivity index (χ0v) is 11.7. The van der Waals surface area contributed by atoms with Crippen LogP contribution in [0.5, 0.6) is 0 Å². The molecule has 0 unspecified atom stereocenters. The molecule has 0 fully saturated rings. The molecular weight excluding hydrogens is 293 g/mol. The molecule has 0 atom stereocenters. The van der Waals surface area contributed by atoms with Crippen LogP contribution in [0.3, 0.4) is 0 Å². The first-order valence-electron chi connectivity index (χ1n) is 5.30. The summed E-state index contributed by atoms with van der Waals surface area (Å²) in [5.74, 6) is -0.702. The molecule has 0 spiro atoms. The Balaban J connectivity index is 2.45. The van der Waals surface area contributed by atoms with Crippen molar-refractivity contribution in [3.63, 3.8) is 0 Å². The Morgan fingerprint density at radius 3 is 2.63 bits per heavy atom. The van der Waals surface area contributed by atoms with Crippen molar-refractivity contribution in [1.29, 1.82) is 0 Å². The number of H-pyrrole nitrogens is 1. The Morgan fingerprint density at radius 2 is 2.05 bits per heavy atom. The Bertz CT molecular complexity index is 708. The number of sulfonamides is 1. The third-order valence-corrected chi connectivity index (χ3v) is 4.36. The van der Waals surface area contributed by atoms with E-state index in [-0.39, 0.29) is 15.6 Å². The number of hydrogen-bond donors (Lipinski definition) is 2. The molecule has 2 rings (SSSR count). The van der Waals surface area contributed by atoms with Gasteiger partial charge in [0.2, 0.25) is 0 Å². The van der Waals surface area contributed by atoms with Crippen LogP contribution in [0, 0.1) is 19.7 Å². The zero-order valence-electron chi connectivity index (χ0n) is 10.2. The van der Waals surface area contributed by atoms with Crippen molar-refractivity contribution >= 4 is 27.3 Å². The molecule has 102 valence electrons. The highest BCUT2D eigenvalue weighted by atomic mass is 35.5. The number of aromatic amines is 1. The molecule has 19 heavy (non-hydrogen) atoms. The van der Waals surface area contributed by atoms with Gasteiger partial charge < -0.3 is 0 Å². The molecule has 0 bridgehead atoms. The molecular formula is C11H11ClFN3O2S. The number of hydrogen-bond acceptors (Lipinski definition) is 3. The fourth-order valence-electron chi connectivity index (χ4n) is 1.71. The van der Waals surface area contributed by atoms with Gasteiger partial charge >= 0.3 is 0 Å². The first kappa shape index (κ1) is 13.8. The molecule has 1 aromatic heterocycles. The van der Waals surface area contributed by atoms with Crippen molar-refractivity contribution in [2.75, 3.05) is 4.72 Å². The van der Waals surface area contributed by atoms with Crippen LogP contribution in [0.15, 0.2) is 23.1 Å². The number of nitrogens with one attached hydrogen (secondary N) is 2. The van der Waals surface area contributed by atoms with Crippen LogP contribution in [0.4, 0.5) is 10.1 Å². The normalized spacial score (nSPS) is 11.6. The predicted octanol–water partition coefficient (Wildman–Crippen LogP) is 2.62. The van der Waals surface area contributed by atoms with Crippen LogP contribution in [0.25, 0.3) is 0 Å². The van der Waals surface area contributed by atoms with E-state index in [4.69, 9.17) is 11.6 Å². The summed E-state index contributed by atoms with van der Waals surface area (Å²) < 4.78 is 40.1. The lowest BCUT2D eigenvalue weighted by molar-refractivity contribution is 0.597. The van der Waals surface area contributed by atoms with Gasteiger partial charge in [-0.05, 0) is 32.0 Å². The van der Waals surface area contributed by atoms with Crippen molar-refractivity contribution < 1.29 is 12.8 Å². The smallest absolute Gasteiger partial charge is 0.265 e. The highest BCUT2D eigenvalue weighted by Gasteiger charge is 2.23. The molecule has 0 aliphatic rings. The number of nitrogens with zero attached hydrogens (tertiary/aromatic N) is 1. The van der Waals surface area contributed by atoms with Gasteiger partial charge in [-0.3, -0.25) is 9.82 Å². The maximum absolute atomic E-state index is 13.5. The molecule has 0 aliphatic carbocycles. The largest absolute Gasteiger partial charge is 0.281 e. The second-order valence-corrected chi connectivity index (χ2v) is 6.05. The van der Waals surface area contributed by atoms with E-state index in [1.54, 1.807) is 13.8 Å². The molecule has 2 N–H and O–H groups in total. The van der Waals surface area contributed by atoms with Crippen molar-refractivity contribution in [2.45, 2.75) is 18.7 Å². The predicted molar refractivity (Wildman–Crippen MR) is 70.3 cm³/mol. The SMILES string of the molecule is Cc1n[nH]c(C)c1S(=O)(=O)Nc1cc(Cl)ccc1F. The quantitative estimate of drug-likeness (QED) is 0.915. The third kappa shape index (κ3) is 2.71. The van der Waals surface area contributed by atoms with Crippen LogP contribution in [0.2, 0.25) is 5.02 Å². The highest BCUT2D eigenvalue weighted by molar-refractivity contribution is 7.92.